The molecule has 0 fully saturated rings. The van der Waals surface area contributed by atoms with Gasteiger partial charge in [0.15, 0.2) is 5.78 Å². The van der Waals surface area contributed by atoms with Crippen molar-refractivity contribution in [2.75, 3.05) is 7.11 Å². The Hall–Kier alpha value is -2.42. The number of hydrogen-bond acceptors (Lipinski definition) is 2. The number of hydrogen-bond donors (Lipinski definition) is 0. The van der Waals surface area contributed by atoms with Gasteiger partial charge in [-0.2, -0.15) is 0 Å². The van der Waals surface area contributed by atoms with Crippen molar-refractivity contribution in [3.05, 3.63) is 71.0 Å². The normalized spacial score (nSPS) is 10.8. The minimum absolute atomic E-state index is 0.157. The molecule has 0 N–H and O–H groups in total. The summed E-state index contributed by atoms with van der Waals surface area (Å²) >= 11 is 0. The maximum Gasteiger partial charge on any atom is 0.185 e. The van der Waals surface area contributed by atoms with Crippen LogP contribution in [0.15, 0.2) is 48.5 Å². The second-order valence-electron chi connectivity index (χ2n) is 4.44. The number of aryl methyl sites for hydroxylation is 1. The lowest BCUT2D eigenvalue weighted by atomic mass is 10.1. The molecule has 0 unspecified atom stereocenters. The highest BCUT2D eigenvalue weighted by atomic mass is 19.1. The van der Waals surface area contributed by atoms with Gasteiger partial charge in [-0.1, -0.05) is 18.2 Å². The first kappa shape index (κ1) is 14.0. The first-order chi connectivity index (χ1) is 9.60. The van der Waals surface area contributed by atoms with Crippen molar-refractivity contribution in [3.63, 3.8) is 0 Å². The van der Waals surface area contributed by atoms with Gasteiger partial charge in [0.2, 0.25) is 0 Å². The standard InChI is InChI=1S/C17H15FO2/c1-12-10-14(7-8-16(12)18)17(19)9-6-13-4-3-5-15(11-13)20-2/h3-11H,1-2H3/b9-6+. The van der Waals surface area contributed by atoms with E-state index >= 15 is 0 Å². The van der Waals surface area contributed by atoms with Crippen LogP contribution in [0.1, 0.15) is 21.5 Å². The van der Waals surface area contributed by atoms with Crippen LogP contribution in [0.4, 0.5) is 4.39 Å². The van der Waals surface area contributed by atoms with E-state index in [0.717, 1.165) is 11.3 Å². The lowest BCUT2D eigenvalue weighted by molar-refractivity contribution is 0.104. The van der Waals surface area contributed by atoms with Crippen molar-refractivity contribution in [2.45, 2.75) is 6.92 Å². The maximum atomic E-state index is 13.2. The van der Waals surface area contributed by atoms with Crippen molar-refractivity contribution >= 4 is 11.9 Å². The van der Waals surface area contributed by atoms with Crippen molar-refractivity contribution in [2.24, 2.45) is 0 Å². The Balaban J connectivity index is 2.17. The number of rotatable bonds is 4. The van der Waals surface area contributed by atoms with Gasteiger partial charge in [-0.05, 0) is 54.5 Å². The molecule has 0 aliphatic rings. The van der Waals surface area contributed by atoms with E-state index in [2.05, 4.69) is 0 Å². The summed E-state index contributed by atoms with van der Waals surface area (Å²) in [6.45, 7) is 1.64. The molecule has 0 saturated carbocycles. The highest BCUT2D eigenvalue weighted by Crippen LogP contribution is 2.15. The summed E-state index contributed by atoms with van der Waals surface area (Å²) in [6.07, 6.45) is 3.19. The molecule has 2 nitrogen and oxygen atoms in total. The molecule has 0 radical (unpaired) electrons. The molecule has 0 saturated heterocycles. The topological polar surface area (TPSA) is 26.3 Å². The number of carbonyl (C=O) groups excluding carboxylic acids is 1. The van der Waals surface area contributed by atoms with E-state index < -0.39 is 0 Å². The molecular weight excluding hydrogens is 255 g/mol. The Morgan fingerprint density at radius 2 is 2.00 bits per heavy atom. The fourth-order valence-electron chi connectivity index (χ4n) is 1.81. The monoisotopic (exact) mass is 270 g/mol. The Morgan fingerprint density at radius 1 is 1.20 bits per heavy atom. The largest absolute Gasteiger partial charge is 0.497 e. The van der Waals surface area contributed by atoms with Gasteiger partial charge in [-0.15, -0.1) is 0 Å². The fourth-order valence-corrected chi connectivity index (χ4v) is 1.81. The summed E-state index contributed by atoms with van der Waals surface area (Å²) in [5.41, 5.74) is 1.81. The number of ketones is 1. The smallest absolute Gasteiger partial charge is 0.185 e. The Bertz CT molecular complexity index is 660. The van der Waals surface area contributed by atoms with Gasteiger partial charge in [-0.25, -0.2) is 4.39 Å². The van der Waals surface area contributed by atoms with E-state index in [1.165, 1.54) is 18.2 Å². The third-order valence-electron chi connectivity index (χ3n) is 2.96. The third-order valence-corrected chi connectivity index (χ3v) is 2.96. The average Bonchev–Trinajstić information content (AvgIpc) is 2.47. The van der Waals surface area contributed by atoms with Crippen LogP contribution in [-0.2, 0) is 0 Å². The lowest BCUT2D eigenvalue weighted by Crippen LogP contribution is -1.96. The van der Waals surface area contributed by atoms with Gasteiger partial charge in [0.05, 0.1) is 7.11 Å². The number of halogens is 1. The predicted octanol–water partition coefficient (Wildman–Crippen LogP) is 4.04. The molecule has 0 amide bonds. The van der Waals surface area contributed by atoms with Crippen molar-refractivity contribution in [1.82, 2.24) is 0 Å². The molecule has 0 aliphatic heterocycles. The lowest BCUT2D eigenvalue weighted by Gasteiger charge is -2.01. The van der Waals surface area contributed by atoms with Crippen LogP contribution < -0.4 is 4.74 Å². The highest BCUT2D eigenvalue weighted by Gasteiger charge is 2.04. The summed E-state index contributed by atoms with van der Waals surface area (Å²) < 4.78 is 18.3. The van der Waals surface area contributed by atoms with E-state index in [-0.39, 0.29) is 11.6 Å². The average molecular weight is 270 g/mol. The zero-order valence-corrected chi connectivity index (χ0v) is 11.4. The summed E-state index contributed by atoms with van der Waals surface area (Å²) in [4.78, 5) is 12.0. The van der Waals surface area contributed by atoms with E-state index in [0.29, 0.717) is 11.1 Å². The SMILES string of the molecule is COc1cccc(/C=C/C(=O)c2ccc(F)c(C)c2)c1. The molecule has 20 heavy (non-hydrogen) atoms. The van der Waals surface area contributed by atoms with Gasteiger partial charge < -0.3 is 4.74 Å². The van der Waals surface area contributed by atoms with Gasteiger partial charge in [0.1, 0.15) is 11.6 Å². The minimum atomic E-state index is -0.307. The van der Waals surface area contributed by atoms with Gasteiger partial charge >= 0.3 is 0 Å². The van der Waals surface area contributed by atoms with E-state index in [9.17, 15) is 9.18 Å². The molecule has 102 valence electrons. The molecule has 0 spiro atoms. The zero-order chi connectivity index (χ0) is 14.5. The number of benzene rings is 2. The Labute approximate surface area is 117 Å². The predicted molar refractivity (Wildman–Crippen MR) is 77.5 cm³/mol. The molecule has 2 rings (SSSR count). The summed E-state index contributed by atoms with van der Waals surface area (Å²) in [5, 5.41) is 0. The second-order valence-corrected chi connectivity index (χ2v) is 4.44. The molecule has 0 atom stereocenters. The van der Waals surface area contributed by atoms with Crippen LogP contribution >= 0.6 is 0 Å². The summed E-state index contributed by atoms with van der Waals surface area (Å²) in [7, 11) is 1.59. The van der Waals surface area contributed by atoms with E-state index in [1.54, 1.807) is 26.2 Å². The molecule has 0 aliphatic carbocycles. The quantitative estimate of drug-likeness (QED) is 0.619. The van der Waals surface area contributed by atoms with E-state index in [4.69, 9.17) is 4.74 Å². The van der Waals surface area contributed by atoms with Gasteiger partial charge in [-0.3, -0.25) is 4.79 Å². The molecule has 0 heterocycles. The molecular formula is C17H15FO2. The molecule has 2 aromatic carbocycles. The Kier molecular flexibility index (Phi) is 4.31. The summed E-state index contributed by atoms with van der Waals surface area (Å²) in [5.74, 6) is 0.270. The molecule has 3 heteroatoms. The first-order valence-corrected chi connectivity index (χ1v) is 6.23. The van der Waals surface area contributed by atoms with Crippen LogP contribution in [-0.4, -0.2) is 12.9 Å². The van der Waals surface area contributed by atoms with Crippen molar-refractivity contribution in [1.29, 1.82) is 0 Å². The van der Waals surface area contributed by atoms with Crippen LogP contribution in [0, 0.1) is 12.7 Å². The number of ether oxygens (including phenoxy) is 1. The first-order valence-electron chi connectivity index (χ1n) is 6.23. The van der Waals surface area contributed by atoms with Crippen LogP contribution in [0.3, 0.4) is 0 Å². The van der Waals surface area contributed by atoms with E-state index in [1.807, 2.05) is 24.3 Å². The molecule has 2 aromatic rings. The summed E-state index contributed by atoms with van der Waals surface area (Å²) in [6, 6.07) is 11.7. The fraction of sp³-hybridized carbons (Fsp3) is 0.118. The Morgan fingerprint density at radius 3 is 2.70 bits per heavy atom. The number of allylic oxidation sites excluding steroid dienone is 1. The maximum absolute atomic E-state index is 13.2. The van der Waals surface area contributed by atoms with Crippen LogP contribution in [0.2, 0.25) is 0 Å². The molecule has 0 bridgehead atoms. The van der Waals surface area contributed by atoms with Crippen molar-refractivity contribution in [3.8, 4) is 5.75 Å². The zero-order valence-electron chi connectivity index (χ0n) is 11.4. The minimum Gasteiger partial charge on any atom is -0.497 e. The van der Waals surface area contributed by atoms with Gasteiger partial charge in [0.25, 0.3) is 0 Å². The van der Waals surface area contributed by atoms with Crippen LogP contribution in [0.5, 0.6) is 5.75 Å². The van der Waals surface area contributed by atoms with Crippen molar-refractivity contribution < 1.29 is 13.9 Å². The number of carbonyl (C=O) groups is 1. The number of methoxy groups -OCH3 is 1. The van der Waals surface area contributed by atoms with Crippen LogP contribution in [0.25, 0.3) is 6.08 Å². The third kappa shape index (κ3) is 3.32. The highest BCUT2D eigenvalue weighted by molar-refractivity contribution is 6.06. The second kappa shape index (κ2) is 6.15. The molecule has 0 aromatic heterocycles. The van der Waals surface area contributed by atoms with Gasteiger partial charge in [0, 0.05) is 5.56 Å².